The maximum atomic E-state index is 13.0. The normalized spacial score (nSPS) is 23.3. The minimum atomic E-state index is -4.78. The number of nitrogens with zero attached hydrogens (tertiary/aromatic N) is 3. The van der Waals surface area contributed by atoms with E-state index in [-0.39, 0.29) is 18.0 Å². The molecule has 1 aromatic heterocycles. The number of hydrogen-bond donors (Lipinski definition) is 1. The Hall–Kier alpha value is -2.55. The van der Waals surface area contributed by atoms with E-state index < -0.39 is 12.2 Å². The second kappa shape index (κ2) is 9.13. The summed E-state index contributed by atoms with van der Waals surface area (Å²) in [5, 5.41) is 3.98. The van der Waals surface area contributed by atoms with Gasteiger partial charge >= 0.3 is 12.4 Å². The quantitative estimate of drug-likeness (QED) is 0.755. The number of benzene rings is 1. The highest BCUT2D eigenvalue weighted by Crippen LogP contribution is 2.35. The van der Waals surface area contributed by atoms with E-state index in [1.165, 1.54) is 6.07 Å². The molecule has 0 aliphatic carbocycles. The highest BCUT2D eigenvalue weighted by Gasteiger charge is 2.33. The standard InChI is InChI=1S/C23H29F3N4O2/c1-15-12-16(14-30(13-15)22(31)27-17-8-10-29(2)11-9-17)18-4-3-5-20-19(18)6-7-21(28-20)32-23(24,25)26/h3-7,15-17H,8-14H2,1-2H3,(H,27,31)/t15-,16+/m1/s1. The molecule has 0 saturated carbocycles. The third kappa shape index (κ3) is 5.43. The summed E-state index contributed by atoms with van der Waals surface area (Å²) in [5.41, 5.74) is 1.45. The molecular formula is C23H29F3N4O2. The number of amides is 2. The second-order valence-electron chi connectivity index (χ2n) is 9.08. The highest BCUT2D eigenvalue weighted by molar-refractivity contribution is 5.83. The minimum absolute atomic E-state index is 0.0321. The zero-order valence-corrected chi connectivity index (χ0v) is 18.4. The van der Waals surface area contributed by atoms with Gasteiger partial charge in [0.25, 0.3) is 0 Å². The lowest BCUT2D eigenvalue weighted by atomic mass is 9.84. The lowest BCUT2D eigenvalue weighted by molar-refractivity contribution is -0.276. The molecule has 1 N–H and O–H groups in total. The van der Waals surface area contributed by atoms with Crippen molar-refractivity contribution < 1.29 is 22.7 Å². The predicted octanol–water partition coefficient (Wildman–Crippen LogP) is 4.36. The molecule has 2 aliphatic rings. The van der Waals surface area contributed by atoms with Crippen molar-refractivity contribution in [1.29, 1.82) is 0 Å². The molecule has 2 aromatic rings. The molecule has 2 amide bonds. The van der Waals surface area contributed by atoms with E-state index in [4.69, 9.17) is 0 Å². The van der Waals surface area contributed by atoms with Gasteiger partial charge in [0.15, 0.2) is 0 Å². The number of fused-ring (bicyclic) bond motifs is 1. The smallest absolute Gasteiger partial charge is 0.388 e. The topological polar surface area (TPSA) is 57.7 Å². The zero-order valence-electron chi connectivity index (χ0n) is 18.4. The van der Waals surface area contributed by atoms with Crippen LogP contribution < -0.4 is 10.1 Å². The van der Waals surface area contributed by atoms with Crippen LogP contribution in [0.15, 0.2) is 30.3 Å². The molecule has 2 atom stereocenters. The van der Waals surface area contributed by atoms with Crippen LogP contribution in [0.2, 0.25) is 0 Å². The van der Waals surface area contributed by atoms with Gasteiger partial charge in [-0.15, -0.1) is 13.2 Å². The number of carbonyl (C=O) groups is 1. The van der Waals surface area contributed by atoms with Crippen molar-refractivity contribution in [2.45, 2.75) is 44.5 Å². The lowest BCUT2D eigenvalue weighted by Crippen LogP contribution is -2.52. The van der Waals surface area contributed by atoms with Crippen molar-refractivity contribution in [3.05, 3.63) is 35.9 Å². The largest absolute Gasteiger partial charge is 0.574 e. The molecule has 0 bridgehead atoms. The number of alkyl halides is 3. The molecule has 4 rings (SSSR count). The Morgan fingerprint density at radius 1 is 1.16 bits per heavy atom. The summed E-state index contributed by atoms with van der Waals surface area (Å²) in [7, 11) is 2.09. The molecule has 3 heterocycles. The average Bonchev–Trinajstić information content (AvgIpc) is 2.73. The molecule has 6 nitrogen and oxygen atoms in total. The number of halogens is 3. The van der Waals surface area contributed by atoms with Crippen molar-refractivity contribution >= 4 is 16.9 Å². The second-order valence-corrected chi connectivity index (χ2v) is 9.08. The number of piperidine rings is 2. The number of pyridine rings is 1. The predicted molar refractivity (Wildman–Crippen MR) is 116 cm³/mol. The molecule has 0 radical (unpaired) electrons. The van der Waals surface area contributed by atoms with Gasteiger partial charge in [0, 0.05) is 36.5 Å². The third-order valence-electron chi connectivity index (χ3n) is 6.39. The van der Waals surface area contributed by atoms with E-state index in [1.54, 1.807) is 18.2 Å². The van der Waals surface area contributed by atoms with Crippen molar-refractivity contribution in [2.24, 2.45) is 5.92 Å². The van der Waals surface area contributed by atoms with Crippen LogP contribution in [0.5, 0.6) is 5.88 Å². The Morgan fingerprint density at radius 2 is 1.91 bits per heavy atom. The van der Waals surface area contributed by atoms with Gasteiger partial charge in [0.1, 0.15) is 0 Å². The molecule has 2 aliphatic heterocycles. The van der Waals surface area contributed by atoms with E-state index >= 15 is 0 Å². The Balaban J connectivity index is 1.50. The van der Waals surface area contributed by atoms with Gasteiger partial charge in [-0.25, -0.2) is 9.78 Å². The molecule has 2 saturated heterocycles. The summed E-state index contributed by atoms with van der Waals surface area (Å²) in [6.45, 7) is 5.35. The summed E-state index contributed by atoms with van der Waals surface area (Å²) in [6.07, 6.45) is -1.98. The molecule has 1 aromatic carbocycles. The fourth-order valence-electron chi connectivity index (χ4n) is 4.85. The van der Waals surface area contributed by atoms with Crippen LogP contribution in [-0.2, 0) is 0 Å². The van der Waals surface area contributed by atoms with Crippen LogP contribution in [0.25, 0.3) is 10.9 Å². The molecule has 2 fully saturated rings. The monoisotopic (exact) mass is 450 g/mol. The first-order chi connectivity index (χ1) is 15.2. The molecule has 174 valence electrons. The van der Waals surface area contributed by atoms with Crippen LogP contribution >= 0.6 is 0 Å². The summed E-state index contributed by atoms with van der Waals surface area (Å²) in [6, 6.07) is 8.49. The van der Waals surface area contributed by atoms with Gasteiger partial charge in [-0.1, -0.05) is 19.1 Å². The van der Waals surface area contributed by atoms with E-state index in [2.05, 4.69) is 33.9 Å². The number of urea groups is 1. The van der Waals surface area contributed by atoms with Crippen molar-refractivity contribution in [3.63, 3.8) is 0 Å². The first-order valence-electron chi connectivity index (χ1n) is 11.1. The summed E-state index contributed by atoms with van der Waals surface area (Å²) in [4.78, 5) is 21.2. The average molecular weight is 451 g/mol. The van der Waals surface area contributed by atoms with Gasteiger partial charge in [-0.05, 0) is 63.0 Å². The van der Waals surface area contributed by atoms with E-state index in [9.17, 15) is 18.0 Å². The number of nitrogens with one attached hydrogen (secondary N) is 1. The minimum Gasteiger partial charge on any atom is -0.388 e. The van der Waals surface area contributed by atoms with Crippen LogP contribution in [0.4, 0.5) is 18.0 Å². The lowest BCUT2D eigenvalue weighted by Gasteiger charge is -2.38. The first kappa shape index (κ1) is 22.6. The number of hydrogen-bond acceptors (Lipinski definition) is 4. The van der Waals surface area contributed by atoms with E-state index in [0.29, 0.717) is 24.5 Å². The highest BCUT2D eigenvalue weighted by atomic mass is 19.4. The van der Waals surface area contributed by atoms with Gasteiger partial charge < -0.3 is 19.9 Å². The maximum absolute atomic E-state index is 13.0. The van der Waals surface area contributed by atoms with Crippen molar-refractivity contribution in [2.75, 3.05) is 33.2 Å². The molecule has 9 heteroatoms. The number of carbonyl (C=O) groups excluding carboxylic acids is 1. The van der Waals surface area contributed by atoms with E-state index in [0.717, 1.165) is 43.3 Å². The Morgan fingerprint density at radius 3 is 2.62 bits per heavy atom. The number of rotatable bonds is 3. The molecule has 32 heavy (non-hydrogen) atoms. The Kier molecular flexibility index (Phi) is 6.46. The van der Waals surface area contributed by atoms with Gasteiger partial charge in [0.2, 0.25) is 5.88 Å². The summed E-state index contributed by atoms with van der Waals surface area (Å²) < 4.78 is 41.6. The molecule has 0 spiro atoms. The maximum Gasteiger partial charge on any atom is 0.574 e. The van der Waals surface area contributed by atoms with Crippen LogP contribution in [-0.4, -0.2) is 66.4 Å². The van der Waals surface area contributed by atoms with Crippen molar-refractivity contribution in [3.8, 4) is 5.88 Å². The van der Waals surface area contributed by atoms with Crippen LogP contribution in [0.1, 0.15) is 37.7 Å². The Labute approximate surface area is 185 Å². The van der Waals surface area contributed by atoms with Crippen LogP contribution in [0, 0.1) is 5.92 Å². The fraction of sp³-hybridized carbons (Fsp3) is 0.565. The number of aromatic nitrogens is 1. The molecule has 0 unspecified atom stereocenters. The van der Waals surface area contributed by atoms with Gasteiger partial charge in [-0.3, -0.25) is 0 Å². The SMILES string of the molecule is C[C@@H]1C[C@H](c2cccc3nc(OC(F)(F)F)ccc23)CN(C(=O)NC2CCN(C)CC2)C1. The summed E-state index contributed by atoms with van der Waals surface area (Å²) in [5.74, 6) is -0.0757. The summed E-state index contributed by atoms with van der Waals surface area (Å²) >= 11 is 0. The van der Waals surface area contributed by atoms with Gasteiger partial charge in [-0.2, -0.15) is 0 Å². The third-order valence-corrected chi connectivity index (χ3v) is 6.39. The van der Waals surface area contributed by atoms with Crippen LogP contribution in [0.3, 0.4) is 0 Å². The Bertz CT molecular complexity index is 960. The molecular weight excluding hydrogens is 421 g/mol. The first-order valence-corrected chi connectivity index (χ1v) is 11.1. The number of ether oxygens (including phenoxy) is 1. The van der Waals surface area contributed by atoms with Crippen molar-refractivity contribution in [1.82, 2.24) is 20.1 Å². The number of likely N-dealkylation sites (tertiary alicyclic amines) is 2. The zero-order chi connectivity index (χ0) is 22.9. The fourth-order valence-corrected chi connectivity index (χ4v) is 4.85. The van der Waals surface area contributed by atoms with Gasteiger partial charge in [0.05, 0.1) is 5.52 Å². The van der Waals surface area contributed by atoms with E-state index in [1.807, 2.05) is 11.0 Å².